The van der Waals surface area contributed by atoms with Gasteiger partial charge >= 0.3 is 0 Å². The van der Waals surface area contributed by atoms with E-state index in [9.17, 15) is 4.79 Å². The molecule has 3 rings (SSSR count). The minimum atomic E-state index is 0.0192. The molecule has 2 aromatic carbocycles. The van der Waals surface area contributed by atoms with Gasteiger partial charge in [-0.05, 0) is 67.9 Å². The van der Waals surface area contributed by atoms with E-state index in [1.54, 1.807) is 0 Å². The molecule has 1 amide bonds. The molecule has 1 fully saturated rings. The second kappa shape index (κ2) is 11.1. The average Bonchev–Trinajstić information content (AvgIpc) is 2.74. The lowest BCUT2D eigenvalue weighted by molar-refractivity contribution is -0.121. The summed E-state index contributed by atoms with van der Waals surface area (Å²) in [5.74, 6) is 1.37. The quantitative estimate of drug-likeness (QED) is 0.594. The first kappa shape index (κ1) is 22.2. The van der Waals surface area contributed by atoms with Crippen molar-refractivity contribution in [3.05, 3.63) is 59.7 Å². The van der Waals surface area contributed by atoms with Gasteiger partial charge in [-0.1, -0.05) is 44.2 Å². The predicted molar refractivity (Wildman–Crippen MR) is 124 cm³/mol. The largest absolute Gasteiger partial charge is 0.494 e. The fraction of sp³-hybridized carbons (Fsp3) is 0.500. The molecule has 0 radical (unpaired) electrons. The molecule has 0 bridgehead atoms. The first-order valence-electron chi connectivity index (χ1n) is 11.4. The molecule has 162 valence electrons. The van der Waals surface area contributed by atoms with Crippen LogP contribution in [0.5, 0.6) is 5.75 Å². The highest BCUT2D eigenvalue weighted by atomic mass is 16.5. The van der Waals surface area contributed by atoms with Crippen LogP contribution in [-0.4, -0.2) is 25.6 Å². The van der Waals surface area contributed by atoms with Crippen LogP contribution in [0.15, 0.2) is 48.5 Å². The Labute approximate surface area is 181 Å². The van der Waals surface area contributed by atoms with Crippen LogP contribution in [0.4, 0.5) is 5.69 Å². The van der Waals surface area contributed by atoms with Crippen LogP contribution in [0, 0.1) is 5.92 Å². The third kappa shape index (κ3) is 6.25. The van der Waals surface area contributed by atoms with Crippen molar-refractivity contribution >= 4 is 11.6 Å². The lowest BCUT2D eigenvalue weighted by Crippen LogP contribution is -2.34. The van der Waals surface area contributed by atoms with Gasteiger partial charge in [-0.2, -0.15) is 0 Å². The van der Waals surface area contributed by atoms with Crippen LogP contribution in [0.1, 0.15) is 63.6 Å². The normalized spacial score (nSPS) is 15.1. The van der Waals surface area contributed by atoms with E-state index in [2.05, 4.69) is 48.3 Å². The predicted octanol–water partition coefficient (Wildman–Crippen LogP) is 5.52. The number of amides is 1. The molecular weight excluding hydrogens is 372 g/mol. The second-order valence-electron chi connectivity index (χ2n) is 8.61. The first-order valence-corrected chi connectivity index (χ1v) is 11.4. The van der Waals surface area contributed by atoms with Crippen LogP contribution < -0.4 is 15.0 Å². The van der Waals surface area contributed by atoms with Crippen molar-refractivity contribution in [1.82, 2.24) is 5.32 Å². The number of piperidine rings is 1. The molecular formula is C26H36N2O2. The first-order chi connectivity index (χ1) is 14.6. The molecule has 1 heterocycles. The highest BCUT2D eigenvalue weighted by Crippen LogP contribution is 2.32. The molecule has 1 atom stereocenters. The highest BCUT2D eigenvalue weighted by Gasteiger charge is 2.22. The topological polar surface area (TPSA) is 41.6 Å². The fourth-order valence-corrected chi connectivity index (χ4v) is 4.28. The number of ether oxygens (including phenoxy) is 1. The maximum Gasteiger partial charge on any atom is 0.224 e. The van der Waals surface area contributed by atoms with Gasteiger partial charge in [0.25, 0.3) is 0 Å². The molecule has 0 unspecified atom stereocenters. The van der Waals surface area contributed by atoms with E-state index in [4.69, 9.17) is 4.74 Å². The maximum atomic E-state index is 13.0. The van der Waals surface area contributed by atoms with E-state index in [1.165, 1.54) is 30.5 Å². The zero-order chi connectivity index (χ0) is 21.3. The Bertz CT molecular complexity index is 812. The number of carbonyl (C=O) groups excluding carboxylic acids is 1. The van der Waals surface area contributed by atoms with E-state index in [0.717, 1.165) is 30.8 Å². The van der Waals surface area contributed by atoms with Gasteiger partial charge in [0.1, 0.15) is 5.75 Å². The van der Waals surface area contributed by atoms with Crippen molar-refractivity contribution in [2.75, 3.05) is 24.6 Å². The number of nitrogens with zero attached hydrogens (tertiary/aromatic N) is 1. The van der Waals surface area contributed by atoms with Crippen LogP contribution >= 0.6 is 0 Å². The molecule has 0 aromatic heterocycles. The summed E-state index contributed by atoms with van der Waals surface area (Å²) in [6.45, 7) is 9.23. The molecule has 4 nitrogen and oxygen atoms in total. The zero-order valence-corrected chi connectivity index (χ0v) is 18.7. The highest BCUT2D eigenvalue weighted by molar-refractivity contribution is 5.79. The van der Waals surface area contributed by atoms with Gasteiger partial charge in [0.2, 0.25) is 5.91 Å². The van der Waals surface area contributed by atoms with Crippen LogP contribution in [0.3, 0.4) is 0 Å². The van der Waals surface area contributed by atoms with Crippen molar-refractivity contribution in [2.24, 2.45) is 5.92 Å². The Kier molecular flexibility index (Phi) is 8.18. The molecule has 0 spiro atoms. The van der Waals surface area contributed by atoms with Gasteiger partial charge in [-0.15, -0.1) is 0 Å². The summed E-state index contributed by atoms with van der Waals surface area (Å²) in [6.07, 6.45) is 5.08. The number of hydrogen-bond donors (Lipinski definition) is 1. The SMILES string of the molecule is CCOc1cccc(CC(=O)N[C@@H](CC(C)C)c2ccccc2N2CCCCC2)c1. The molecule has 0 aliphatic carbocycles. The number of hydrogen-bond acceptors (Lipinski definition) is 3. The molecule has 1 aliphatic rings. The standard InChI is InChI=1S/C26H36N2O2/c1-4-30-22-12-10-11-21(18-22)19-26(29)27-24(17-20(2)3)23-13-6-7-14-25(23)28-15-8-5-9-16-28/h6-7,10-14,18,20,24H,4-5,8-9,15-17,19H2,1-3H3,(H,27,29)/t24-/m0/s1. The monoisotopic (exact) mass is 408 g/mol. The molecule has 2 aromatic rings. The molecule has 1 saturated heterocycles. The molecule has 1 aliphatic heterocycles. The summed E-state index contributed by atoms with van der Waals surface area (Å²) in [4.78, 5) is 15.5. The molecule has 30 heavy (non-hydrogen) atoms. The fourth-order valence-electron chi connectivity index (χ4n) is 4.28. The van der Waals surface area contributed by atoms with Crippen LogP contribution in [0.25, 0.3) is 0 Å². The van der Waals surface area contributed by atoms with Crippen molar-refractivity contribution in [1.29, 1.82) is 0 Å². The Morgan fingerprint density at radius 1 is 1.07 bits per heavy atom. The summed E-state index contributed by atoms with van der Waals surface area (Å²) in [6, 6.07) is 16.5. The summed E-state index contributed by atoms with van der Waals surface area (Å²) >= 11 is 0. The third-order valence-electron chi connectivity index (χ3n) is 5.63. The minimum Gasteiger partial charge on any atom is -0.494 e. The number of benzene rings is 2. The van der Waals surface area contributed by atoms with Crippen molar-refractivity contribution in [2.45, 2.75) is 58.9 Å². The number of anilines is 1. The van der Waals surface area contributed by atoms with Gasteiger partial charge in [0.15, 0.2) is 0 Å². The van der Waals surface area contributed by atoms with Gasteiger partial charge in [-0.3, -0.25) is 4.79 Å². The Morgan fingerprint density at radius 3 is 2.57 bits per heavy atom. The van der Waals surface area contributed by atoms with Crippen molar-refractivity contribution in [3.8, 4) is 5.75 Å². The van der Waals surface area contributed by atoms with Crippen LogP contribution in [-0.2, 0) is 11.2 Å². The number of nitrogens with one attached hydrogen (secondary N) is 1. The molecule has 1 N–H and O–H groups in total. The average molecular weight is 409 g/mol. The minimum absolute atomic E-state index is 0.0192. The van der Waals surface area contributed by atoms with Gasteiger partial charge in [-0.25, -0.2) is 0 Å². The maximum absolute atomic E-state index is 13.0. The summed E-state index contributed by atoms with van der Waals surface area (Å²) in [7, 11) is 0. The summed E-state index contributed by atoms with van der Waals surface area (Å²) < 4.78 is 5.58. The van der Waals surface area contributed by atoms with E-state index >= 15 is 0 Å². The second-order valence-corrected chi connectivity index (χ2v) is 8.61. The van der Waals surface area contributed by atoms with E-state index in [-0.39, 0.29) is 11.9 Å². The van der Waals surface area contributed by atoms with E-state index in [0.29, 0.717) is 18.9 Å². The third-order valence-corrected chi connectivity index (χ3v) is 5.63. The van der Waals surface area contributed by atoms with E-state index in [1.807, 2.05) is 31.2 Å². The number of carbonyl (C=O) groups is 1. The van der Waals surface area contributed by atoms with Gasteiger partial charge in [0, 0.05) is 18.8 Å². The Morgan fingerprint density at radius 2 is 1.83 bits per heavy atom. The Hall–Kier alpha value is -2.49. The van der Waals surface area contributed by atoms with E-state index < -0.39 is 0 Å². The number of para-hydroxylation sites is 1. The Balaban J connectivity index is 1.76. The summed E-state index contributed by atoms with van der Waals surface area (Å²) in [5.41, 5.74) is 3.50. The van der Waals surface area contributed by atoms with Crippen molar-refractivity contribution in [3.63, 3.8) is 0 Å². The molecule has 4 heteroatoms. The van der Waals surface area contributed by atoms with Gasteiger partial charge in [0.05, 0.1) is 19.1 Å². The summed E-state index contributed by atoms with van der Waals surface area (Å²) in [5, 5.41) is 3.34. The lowest BCUT2D eigenvalue weighted by atomic mass is 9.94. The number of rotatable bonds is 9. The molecule has 0 saturated carbocycles. The van der Waals surface area contributed by atoms with Gasteiger partial charge < -0.3 is 15.0 Å². The smallest absolute Gasteiger partial charge is 0.224 e. The van der Waals surface area contributed by atoms with Crippen molar-refractivity contribution < 1.29 is 9.53 Å². The zero-order valence-electron chi connectivity index (χ0n) is 18.7. The lowest BCUT2D eigenvalue weighted by Gasteiger charge is -2.33. The van der Waals surface area contributed by atoms with Crippen LogP contribution in [0.2, 0.25) is 0 Å².